The van der Waals surface area contributed by atoms with Crippen LogP contribution < -0.4 is 5.32 Å². The van der Waals surface area contributed by atoms with Gasteiger partial charge in [-0.3, -0.25) is 9.78 Å². The van der Waals surface area contributed by atoms with Gasteiger partial charge < -0.3 is 10.4 Å². The van der Waals surface area contributed by atoms with Crippen LogP contribution in [0.5, 0.6) is 5.75 Å². The number of aromatic hydroxyl groups is 1. The van der Waals surface area contributed by atoms with Crippen molar-refractivity contribution in [1.82, 2.24) is 14.8 Å². The van der Waals surface area contributed by atoms with E-state index in [1.165, 1.54) is 19.3 Å². The highest BCUT2D eigenvalue weighted by Crippen LogP contribution is 2.43. The van der Waals surface area contributed by atoms with Gasteiger partial charge in [-0.1, -0.05) is 19.3 Å². The third-order valence-corrected chi connectivity index (χ3v) is 5.42. The molecular weight excluding hydrogens is 316 g/mol. The van der Waals surface area contributed by atoms with E-state index in [1.54, 1.807) is 12.1 Å². The first-order valence-corrected chi connectivity index (χ1v) is 9.10. The predicted molar refractivity (Wildman–Crippen MR) is 94.8 cm³/mol. The van der Waals surface area contributed by atoms with Crippen molar-refractivity contribution in [2.75, 3.05) is 5.32 Å². The molecule has 0 bridgehead atoms. The maximum absolute atomic E-state index is 12.4. The Morgan fingerprint density at radius 2 is 1.96 bits per heavy atom. The van der Waals surface area contributed by atoms with E-state index in [0.29, 0.717) is 11.7 Å². The average molecular weight is 340 g/mol. The Hall–Kier alpha value is -2.37. The highest BCUT2D eigenvalue weighted by Gasteiger charge is 2.36. The van der Waals surface area contributed by atoms with Crippen LogP contribution in [0.3, 0.4) is 0 Å². The zero-order valence-corrected chi connectivity index (χ0v) is 14.7. The summed E-state index contributed by atoms with van der Waals surface area (Å²) in [5.74, 6) is 0.646. The van der Waals surface area contributed by atoms with Gasteiger partial charge in [0.15, 0.2) is 0 Å². The fourth-order valence-corrected chi connectivity index (χ4v) is 4.22. The smallest absolute Gasteiger partial charge is 0.226 e. The second-order valence-electron chi connectivity index (χ2n) is 7.25. The molecule has 2 aromatic rings. The van der Waals surface area contributed by atoms with Gasteiger partial charge in [-0.15, -0.1) is 0 Å². The summed E-state index contributed by atoms with van der Waals surface area (Å²) in [6.07, 6.45) is 6.17. The summed E-state index contributed by atoms with van der Waals surface area (Å²) in [6.45, 7) is 3.88. The summed E-state index contributed by atoms with van der Waals surface area (Å²) < 4.78 is 2.01. The first-order chi connectivity index (χ1) is 12.0. The number of carbonyl (C=O) groups excluding carboxylic acids is 1. The van der Waals surface area contributed by atoms with E-state index in [-0.39, 0.29) is 24.0 Å². The van der Waals surface area contributed by atoms with Gasteiger partial charge >= 0.3 is 0 Å². The third-order valence-electron chi connectivity index (χ3n) is 5.42. The second kappa shape index (κ2) is 6.17. The minimum atomic E-state index is -0.249. The first kappa shape index (κ1) is 16.1. The van der Waals surface area contributed by atoms with Gasteiger partial charge in [0, 0.05) is 23.6 Å². The van der Waals surface area contributed by atoms with Gasteiger partial charge in [-0.2, -0.15) is 5.10 Å². The molecule has 1 fully saturated rings. The van der Waals surface area contributed by atoms with E-state index in [4.69, 9.17) is 5.10 Å². The molecular formula is C19H24N4O2. The van der Waals surface area contributed by atoms with Gasteiger partial charge in [0.1, 0.15) is 11.6 Å². The van der Waals surface area contributed by atoms with Crippen molar-refractivity contribution in [3.05, 3.63) is 34.8 Å². The molecule has 1 aliphatic heterocycles. The molecule has 1 amide bonds. The number of hydrogen-bond donors (Lipinski definition) is 2. The summed E-state index contributed by atoms with van der Waals surface area (Å²) in [5, 5.41) is 18.1. The monoisotopic (exact) mass is 340 g/mol. The molecule has 6 heteroatoms. The lowest BCUT2D eigenvalue weighted by Crippen LogP contribution is -2.27. The Morgan fingerprint density at radius 1 is 1.20 bits per heavy atom. The molecule has 1 saturated carbocycles. The van der Waals surface area contributed by atoms with E-state index >= 15 is 0 Å². The first-order valence-electron chi connectivity index (χ1n) is 9.10. The van der Waals surface area contributed by atoms with E-state index in [2.05, 4.69) is 10.3 Å². The number of hydrogen-bond acceptors (Lipinski definition) is 4. The van der Waals surface area contributed by atoms with Gasteiger partial charge in [-0.25, -0.2) is 4.68 Å². The van der Waals surface area contributed by atoms with E-state index in [1.807, 2.05) is 18.5 Å². The molecule has 0 unspecified atom stereocenters. The van der Waals surface area contributed by atoms with Crippen molar-refractivity contribution >= 4 is 11.7 Å². The number of aryl methyl sites for hydroxylation is 2. The Balaban J connectivity index is 1.82. The van der Waals surface area contributed by atoms with Gasteiger partial charge in [0.05, 0.1) is 17.4 Å². The van der Waals surface area contributed by atoms with Crippen molar-refractivity contribution in [2.45, 2.75) is 64.3 Å². The van der Waals surface area contributed by atoms with E-state index < -0.39 is 0 Å². The number of pyridine rings is 1. The lowest BCUT2D eigenvalue weighted by atomic mass is 9.88. The normalized spacial score (nSPS) is 21.0. The molecule has 0 aromatic carbocycles. The molecule has 132 valence electrons. The van der Waals surface area contributed by atoms with Crippen LogP contribution in [-0.4, -0.2) is 25.8 Å². The largest absolute Gasteiger partial charge is 0.506 e. The maximum atomic E-state index is 12.4. The van der Waals surface area contributed by atoms with Crippen LogP contribution in [0.25, 0.3) is 0 Å². The fraction of sp³-hybridized carbons (Fsp3) is 0.526. The summed E-state index contributed by atoms with van der Waals surface area (Å²) in [4.78, 5) is 16.9. The highest BCUT2D eigenvalue weighted by molar-refractivity contribution is 5.94. The zero-order chi connectivity index (χ0) is 17.6. The van der Waals surface area contributed by atoms with Crippen molar-refractivity contribution in [3.8, 4) is 5.75 Å². The van der Waals surface area contributed by atoms with Crippen LogP contribution in [0.1, 0.15) is 73.1 Å². The number of nitrogens with zero attached hydrogens (tertiary/aromatic N) is 3. The molecule has 25 heavy (non-hydrogen) atoms. The number of aromatic nitrogens is 3. The predicted octanol–water partition coefficient (Wildman–Crippen LogP) is 3.58. The Kier molecular flexibility index (Phi) is 3.98. The molecule has 0 saturated heterocycles. The Morgan fingerprint density at radius 3 is 2.72 bits per heavy atom. The summed E-state index contributed by atoms with van der Waals surface area (Å²) in [6, 6.07) is 3.78. The van der Waals surface area contributed by atoms with Gasteiger partial charge in [0.25, 0.3) is 0 Å². The van der Waals surface area contributed by atoms with Crippen molar-refractivity contribution in [3.63, 3.8) is 0 Å². The number of amides is 1. The number of fused-ring (bicyclic) bond motifs is 1. The molecule has 1 atom stereocenters. The van der Waals surface area contributed by atoms with Crippen molar-refractivity contribution in [1.29, 1.82) is 0 Å². The fourth-order valence-electron chi connectivity index (χ4n) is 4.22. The van der Waals surface area contributed by atoms with Crippen LogP contribution in [0, 0.1) is 13.8 Å². The van der Waals surface area contributed by atoms with Crippen molar-refractivity contribution in [2.24, 2.45) is 0 Å². The van der Waals surface area contributed by atoms with Crippen LogP contribution in [0.15, 0.2) is 12.1 Å². The minimum Gasteiger partial charge on any atom is -0.506 e. The summed E-state index contributed by atoms with van der Waals surface area (Å²) in [5.41, 5.74) is 3.31. The van der Waals surface area contributed by atoms with Crippen LogP contribution in [-0.2, 0) is 4.79 Å². The zero-order valence-electron chi connectivity index (χ0n) is 14.7. The number of carbonyl (C=O) groups is 1. The van der Waals surface area contributed by atoms with Gasteiger partial charge in [-0.05, 0) is 38.8 Å². The lowest BCUT2D eigenvalue weighted by molar-refractivity contribution is -0.116. The second-order valence-corrected chi connectivity index (χ2v) is 7.25. The average Bonchev–Trinajstić information content (AvgIpc) is 2.94. The van der Waals surface area contributed by atoms with E-state index in [0.717, 1.165) is 35.6 Å². The SMILES string of the molecule is Cc1ccc(O)c([C@@H]2CC(=O)Nc3c2c(C)nn3C2CCCCC2)n1. The highest BCUT2D eigenvalue weighted by atomic mass is 16.3. The summed E-state index contributed by atoms with van der Waals surface area (Å²) in [7, 11) is 0. The molecule has 1 aliphatic carbocycles. The molecule has 6 nitrogen and oxygen atoms in total. The molecule has 3 heterocycles. The number of nitrogens with one attached hydrogen (secondary N) is 1. The lowest BCUT2D eigenvalue weighted by Gasteiger charge is -2.28. The maximum Gasteiger partial charge on any atom is 0.226 e. The van der Waals surface area contributed by atoms with Crippen LogP contribution >= 0.6 is 0 Å². The quantitative estimate of drug-likeness (QED) is 0.876. The number of rotatable bonds is 2. The van der Waals surface area contributed by atoms with Gasteiger partial charge in [0.2, 0.25) is 5.91 Å². The number of anilines is 1. The minimum absolute atomic E-state index is 0.0443. The standard InChI is InChI=1S/C19H24N4O2/c1-11-8-9-15(24)18(20-11)14-10-16(25)21-19-17(14)12(2)22-23(19)13-6-4-3-5-7-13/h8-9,13-14,24H,3-7,10H2,1-2H3,(H,21,25)/t14-/m1/s1. The Labute approximate surface area is 147 Å². The summed E-state index contributed by atoms with van der Waals surface area (Å²) >= 11 is 0. The molecule has 2 N–H and O–H groups in total. The topological polar surface area (TPSA) is 80.0 Å². The third kappa shape index (κ3) is 2.79. The molecule has 2 aliphatic rings. The van der Waals surface area contributed by atoms with E-state index in [9.17, 15) is 9.90 Å². The van der Waals surface area contributed by atoms with Crippen molar-refractivity contribution < 1.29 is 9.90 Å². The van der Waals surface area contributed by atoms with Crippen LogP contribution in [0.4, 0.5) is 5.82 Å². The Bertz CT molecular complexity index is 821. The molecule has 0 spiro atoms. The molecule has 0 radical (unpaired) electrons. The molecule has 4 rings (SSSR count). The molecule has 2 aromatic heterocycles. The van der Waals surface area contributed by atoms with Crippen LogP contribution in [0.2, 0.25) is 0 Å².